The quantitative estimate of drug-likeness (QED) is 0.764. The molecule has 0 amide bonds. The van der Waals surface area contributed by atoms with Gasteiger partial charge in [0.2, 0.25) is 0 Å². The smallest absolute Gasteiger partial charge is 0.147 e. The van der Waals surface area contributed by atoms with Gasteiger partial charge >= 0.3 is 0 Å². The highest BCUT2D eigenvalue weighted by atomic mass is 79.9. The number of hydrogen-bond donors (Lipinski definition) is 0. The maximum Gasteiger partial charge on any atom is 0.147 e. The minimum atomic E-state index is 0.566. The molecule has 0 atom stereocenters. The van der Waals surface area contributed by atoms with Gasteiger partial charge in [-0.2, -0.15) is 0 Å². The Labute approximate surface area is 114 Å². The molecule has 2 rings (SSSR count). The van der Waals surface area contributed by atoms with Crippen molar-refractivity contribution in [2.45, 2.75) is 12.3 Å². The lowest BCUT2D eigenvalue weighted by molar-refractivity contribution is 0.480. The molecule has 0 fully saturated rings. The lowest BCUT2D eigenvalue weighted by atomic mass is 10.1. The summed E-state index contributed by atoms with van der Waals surface area (Å²) in [5.41, 5.74) is 2.44. The number of alkyl halides is 1. The fourth-order valence-electron chi connectivity index (χ4n) is 1.47. The number of nitrogens with zero attached hydrogens (tertiary/aromatic N) is 1. The number of halogens is 2. The van der Waals surface area contributed by atoms with Crippen molar-refractivity contribution in [3.8, 4) is 11.5 Å². The van der Waals surface area contributed by atoms with E-state index < -0.39 is 0 Å². The molecule has 0 spiro atoms. The number of aryl methyl sites for hydroxylation is 1. The minimum Gasteiger partial charge on any atom is -0.456 e. The second-order valence-corrected chi connectivity index (χ2v) is 4.66. The molecule has 4 heteroatoms. The first-order chi connectivity index (χ1) is 8.19. The Bertz CT molecular complexity index is 531. The van der Waals surface area contributed by atoms with E-state index in [0.29, 0.717) is 10.8 Å². The van der Waals surface area contributed by atoms with E-state index in [2.05, 4.69) is 27.8 Å². The molecule has 17 heavy (non-hydrogen) atoms. The maximum atomic E-state index is 5.84. The van der Waals surface area contributed by atoms with E-state index in [0.717, 1.165) is 11.1 Å². The Morgan fingerprint density at radius 1 is 1.24 bits per heavy atom. The predicted molar refractivity (Wildman–Crippen MR) is 73.1 cm³/mol. The highest BCUT2D eigenvalue weighted by Gasteiger charge is 2.02. The first kappa shape index (κ1) is 12.4. The van der Waals surface area contributed by atoms with Crippen molar-refractivity contribution in [2.75, 3.05) is 0 Å². The molecule has 0 bridgehead atoms. The SMILES string of the molecule is Cc1cc(Oc2cncc(Cl)c2)ccc1CBr. The zero-order valence-electron chi connectivity index (χ0n) is 9.28. The first-order valence-corrected chi connectivity index (χ1v) is 6.63. The number of pyridine rings is 1. The van der Waals surface area contributed by atoms with Gasteiger partial charge in [0.05, 0.1) is 11.2 Å². The van der Waals surface area contributed by atoms with Gasteiger partial charge in [0.25, 0.3) is 0 Å². The third-order valence-corrected chi connectivity index (χ3v) is 3.18. The number of ether oxygens (including phenoxy) is 1. The van der Waals surface area contributed by atoms with Crippen LogP contribution in [-0.4, -0.2) is 4.98 Å². The summed E-state index contributed by atoms with van der Waals surface area (Å²) in [6.45, 7) is 2.06. The lowest BCUT2D eigenvalue weighted by Gasteiger charge is -2.08. The number of aromatic nitrogens is 1. The average Bonchev–Trinajstić information content (AvgIpc) is 2.29. The zero-order chi connectivity index (χ0) is 12.3. The number of hydrogen-bond acceptors (Lipinski definition) is 2. The third-order valence-electron chi connectivity index (χ3n) is 2.37. The van der Waals surface area contributed by atoms with E-state index in [1.165, 1.54) is 11.1 Å². The van der Waals surface area contributed by atoms with Crippen LogP contribution in [0.1, 0.15) is 11.1 Å². The van der Waals surface area contributed by atoms with E-state index in [1.807, 2.05) is 18.2 Å². The highest BCUT2D eigenvalue weighted by molar-refractivity contribution is 9.08. The van der Waals surface area contributed by atoms with Crippen molar-refractivity contribution in [3.05, 3.63) is 52.8 Å². The van der Waals surface area contributed by atoms with Gasteiger partial charge in [-0.3, -0.25) is 4.98 Å². The monoisotopic (exact) mass is 311 g/mol. The molecule has 2 nitrogen and oxygen atoms in total. The summed E-state index contributed by atoms with van der Waals surface area (Å²) in [7, 11) is 0. The van der Waals surface area contributed by atoms with Crippen molar-refractivity contribution in [3.63, 3.8) is 0 Å². The van der Waals surface area contributed by atoms with Crippen LogP contribution in [0.4, 0.5) is 0 Å². The second kappa shape index (κ2) is 5.52. The minimum absolute atomic E-state index is 0.566. The molecular formula is C13H11BrClNO. The van der Waals surface area contributed by atoms with Crippen LogP contribution in [0.5, 0.6) is 11.5 Å². The van der Waals surface area contributed by atoms with Gasteiger partial charge in [0.1, 0.15) is 11.5 Å². The maximum absolute atomic E-state index is 5.84. The van der Waals surface area contributed by atoms with Crippen LogP contribution < -0.4 is 4.74 Å². The van der Waals surface area contributed by atoms with E-state index in [4.69, 9.17) is 16.3 Å². The standard InChI is InChI=1S/C13H11BrClNO/c1-9-4-12(3-2-10(9)6-14)17-13-5-11(15)7-16-8-13/h2-5,7-8H,6H2,1H3. The van der Waals surface area contributed by atoms with Gasteiger partial charge in [0, 0.05) is 17.6 Å². The summed E-state index contributed by atoms with van der Waals surface area (Å²) in [5, 5.41) is 1.41. The van der Waals surface area contributed by atoms with Gasteiger partial charge in [0.15, 0.2) is 0 Å². The summed E-state index contributed by atoms with van der Waals surface area (Å²) in [5.74, 6) is 1.43. The Kier molecular flexibility index (Phi) is 4.02. The van der Waals surface area contributed by atoms with Gasteiger partial charge < -0.3 is 4.74 Å². The van der Waals surface area contributed by atoms with Gasteiger partial charge in [-0.25, -0.2) is 0 Å². The second-order valence-electron chi connectivity index (χ2n) is 3.66. The Balaban J connectivity index is 2.22. The Morgan fingerprint density at radius 2 is 2.06 bits per heavy atom. The van der Waals surface area contributed by atoms with E-state index in [9.17, 15) is 0 Å². The lowest BCUT2D eigenvalue weighted by Crippen LogP contribution is -1.89. The zero-order valence-corrected chi connectivity index (χ0v) is 11.6. The molecule has 88 valence electrons. The van der Waals surface area contributed by atoms with Crippen LogP contribution in [0.15, 0.2) is 36.7 Å². The molecule has 0 unspecified atom stereocenters. The van der Waals surface area contributed by atoms with Gasteiger partial charge in [-0.1, -0.05) is 33.6 Å². The molecule has 1 aromatic carbocycles. The Hall–Kier alpha value is -1.06. The average molecular weight is 313 g/mol. The summed E-state index contributed by atoms with van der Waals surface area (Å²) in [6, 6.07) is 7.71. The molecule has 0 radical (unpaired) electrons. The largest absolute Gasteiger partial charge is 0.456 e. The van der Waals surface area contributed by atoms with Crippen LogP contribution in [0, 0.1) is 6.92 Å². The van der Waals surface area contributed by atoms with Crippen LogP contribution in [0.3, 0.4) is 0 Å². The van der Waals surface area contributed by atoms with Crippen molar-refractivity contribution < 1.29 is 4.74 Å². The van der Waals surface area contributed by atoms with Crippen LogP contribution >= 0.6 is 27.5 Å². The van der Waals surface area contributed by atoms with Gasteiger partial charge in [-0.05, 0) is 30.2 Å². The molecule has 0 aliphatic rings. The molecule has 0 aliphatic heterocycles. The van der Waals surface area contributed by atoms with Crippen LogP contribution in [-0.2, 0) is 5.33 Å². The molecule has 0 N–H and O–H groups in total. The van der Waals surface area contributed by atoms with E-state index >= 15 is 0 Å². The third kappa shape index (κ3) is 3.20. The molecule has 2 aromatic rings. The summed E-state index contributed by atoms with van der Waals surface area (Å²) < 4.78 is 5.68. The molecule has 1 aromatic heterocycles. The van der Waals surface area contributed by atoms with Crippen LogP contribution in [0.2, 0.25) is 5.02 Å². The summed E-state index contributed by atoms with van der Waals surface area (Å²) in [4.78, 5) is 3.97. The Morgan fingerprint density at radius 3 is 2.71 bits per heavy atom. The molecule has 0 saturated carbocycles. The van der Waals surface area contributed by atoms with Crippen molar-refractivity contribution in [1.82, 2.24) is 4.98 Å². The first-order valence-electron chi connectivity index (χ1n) is 5.13. The highest BCUT2D eigenvalue weighted by Crippen LogP contribution is 2.25. The molecular weight excluding hydrogens is 302 g/mol. The molecule has 0 saturated heterocycles. The normalized spacial score (nSPS) is 10.3. The summed E-state index contributed by atoms with van der Waals surface area (Å²) in [6.07, 6.45) is 3.22. The predicted octanol–water partition coefficient (Wildman–Crippen LogP) is 4.73. The van der Waals surface area contributed by atoms with Crippen molar-refractivity contribution >= 4 is 27.5 Å². The fraction of sp³-hybridized carbons (Fsp3) is 0.154. The number of rotatable bonds is 3. The van der Waals surface area contributed by atoms with Crippen LogP contribution in [0.25, 0.3) is 0 Å². The molecule has 1 heterocycles. The van der Waals surface area contributed by atoms with E-state index in [-0.39, 0.29) is 0 Å². The van der Waals surface area contributed by atoms with Crippen molar-refractivity contribution in [1.29, 1.82) is 0 Å². The number of benzene rings is 1. The summed E-state index contributed by atoms with van der Waals surface area (Å²) >= 11 is 9.28. The topological polar surface area (TPSA) is 22.1 Å². The van der Waals surface area contributed by atoms with E-state index in [1.54, 1.807) is 18.5 Å². The van der Waals surface area contributed by atoms with Crippen molar-refractivity contribution in [2.24, 2.45) is 0 Å². The van der Waals surface area contributed by atoms with Gasteiger partial charge in [-0.15, -0.1) is 0 Å². The fourth-order valence-corrected chi connectivity index (χ4v) is 2.26. The molecule has 0 aliphatic carbocycles.